The number of nitrogens with two attached hydrogens (primary N) is 1. The average Bonchev–Trinajstić information content (AvgIpc) is 2.39. The minimum absolute atomic E-state index is 0.101. The number of hydrogen-bond donors (Lipinski definition) is 1. The lowest BCUT2D eigenvalue weighted by Gasteiger charge is -2.23. The molecule has 0 saturated carbocycles. The van der Waals surface area contributed by atoms with Gasteiger partial charge >= 0.3 is 0 Å². The standard InChI is InChI=1S/C15H22N2O2S/c1-11(2)19-10-9-17(3)15(18)13(14(16)20)12-7-5-4-6-8-12/h4-8,11,13H,9-10H2,1-3H3,(H2,16,20). The van der Waals surface area contributed by atoms with Crippen molar-refractivity contribution in [3.63, 3.8) is 0 Å². The van der Waals surface area contributed by atoms with E-state index >= 15 is 0 Å². The highest BCUT2D eigenvalue weighted by molar-refractivity contribution is 7.80. The second-order valence-corrected chi connectivity index (χ2v) is 5.40. The first-order chi connectivity index (χ1) is 9.43. The monoisotopic (exact) mass is 294 g/mol. The fraction of sp³-hybridized carbons (Fsp3) is 0.467. The van der Waals surface area contributed by atoms with Crippen LogP contribution in [0.3, 0.4) is 0 Å². The molecule has 1 aromatic rings. The van der Waals surface area contributed by atoms with Crippen LogP contribution in [-0.2, 0) is 9.53 Å². The Morgan fingerprint density at radius 1 is 1.35 bits per heavy atom. The first kappa shape index (κ1) is 16.6. The summed E-state index contributed by atoms with van der Waals surface area (Å²) in [5.74, 6) is -0.675. The molecule has 0 radical (unpaired) electrons. The van der Waals surface area contributed by atoms with Crippen molar-refractivity contribution >= 4 is 23.1 Å². The van der Waals surface area contributed by atoms with Gasteiger partial charge in [-0.25, -0.2) is 0 Å². The third kappa shape index (κ3) is 4.90. The van der Waals surface area contributed by atoms with E-state index in [2.05, 4.69) is 0 Å². The van der Waals surface area contributed by atoms with Gasteiger partial charge in [0.05, 0.1) is 17.7 Å². The normalized spacial score (nSPS) is 12.2. The molecule has 4 nitrogen and oxygen atoms in total. The largest absolute Gasteiger partial charge is 0.392 e. The zero-order chi connectivity index (χ0) is 15.1. The number of hydrogen-bond acceptors (Lipinski definition) is 3. The number of benzene rings is 1. The molecule has 0 aromatic heterocycles. The molecule has 0 saturated heterocycles. The van der Waals surface area contributed by atoms with E-state index in [1.165, 1.54) is 0 Å². The molecule has 5 heteroatoms. The van der Waals surface area contributed by atoms with Crippen LogP contribution in [-0.4, -0.2) is 42.1 Å². The van der Waals surface area contributed by atoms with Gasteiger partial charge in [-0.3, -0.25) is 4.79 Å². The van der Waals surface area contributed by atoms with Gasteiger partial charge in [-0.15, -0.1) is 0 Å². The van der Waals surface area contributed by atoms with E-state index in [1.54, 1.807) is 11.9 Å². The highest BCUT2D eigenvalue weighted by Crippen LogP contribution is 2.18. The van der Waals surface area contributed by atoms with Crippen LogP contribution in [0, 0.1) is 0 Å². The van der Waals surface area contributed by atoms with Gasteiger partial charge in [-0.2, -0.15) is 0 Å². The number of rotatable bonds is 7. The summed E-state index contributed by atoms with van der Waals surface area (Å²) in [6.07, 6.45) is 0.152. The highest BCUT2D eigenvalue weighted by atomic mass is 32.1. The Labute approximate surface area is 125 Å². The molecular weight excluding hydrogens is 272 g/mol. The summed E-state index contributed by atoms with van der Waals surface area (Å²) in [7, 11) is 1.74. The van der Waals surface area contributed by atoms with Crippen LogP contribution < -0.4 is 5.73 Å². The minimum Gasteiger partial charge on any atom is -0.392 e. The maximum absolute atomic E-state index is 12.5. The third-order valence-electron chi connectivity index (χ3n) is 2.92. The molecule has 0 bridgehead atoms. The van der Waals surface area contributed by atoms with Gasteiger partial charge in [-0.1, -0.05) is 42.5 Å². The van der Waals surface area contributed by atoms with E-state index in [1.807, 2.05) is 44.2 Å². The van der Waals surface area contributed by atoms with E-state index in [0.717, 1.165) is 5.56 Å². The lowest BCUT2D eigenvalue weighted by Crippen LogP contribution is -2.39. The van der Waals surface area contributed by atoms with Crippen LogP contribution in [0.15, 0.2) is 30.3 Å². The number of ether oxygens (including phenoxy) is 1. The molecule has 0 fully saturated rings. The van der Waals surface area contributed by atoms with Crippen molar-refractivity contribution in [2.24, 2.45) is 5.73 Å². The number of thiocarbonyl (C=S) groups is 1. The molecular formula is C15H22N2O2S. The number of likely N-dealkylation sites (N-methyl/N-ethyl adjacent to an activating group) is 1. The van der Waals surface area contributed by atoms with Gasteiger partial charge in [0.1, 0.15) is 5.92 Å². The van der Waals surface area contributed by atoms with Gasteiger partial charge in [0.25, 0.3) is 0 Å². The van der Waals surface area contributed by atoms with E-state index in [0.29, 0.717) is 13.2 Å². The molecule has 1 amide bonds. The first-order valence-electron chi connectivity index (χ1n) is 6.64. The van der Waals surface area contributed by atoms with Crippen LogP contribution in [0.25, 0.3) is 0 Å². The zero-order valence-electron chi connectivity index (χ0n) is 12.2. The quantitative estimate of drug-likeness (QED) is 0.781. The number of amides is 1. The topological polar surface area (TPSA) is 55.6 Å². The molecule has 0 aliphatic rings. The van der Waals surface area contributed by atoms with Gasteiger partial charge in [-0.05, 0) is 19.4 Å². The van der Waals surface area contributed by atoms with Crippen molar-refractivity contribution in [2.75, 3.05) is 20.2 Å². The number of carbonyl (C=O) groups is 1. The Morgan fingerprint density at radius 3 is 2.45 bits per heavy atom. The number of carbonyl (C=O) groups excluding carboxylic acids is 1. The molecule has 1 atom stereocenters. The molecule has 1 unspecified atom stereocenters. The predicted molar refractivity (Wildman–Crippen MR) is 84.7 cm³/mol. The van der Waals surface area contributed by atoms with Crippen molar-refractivity contribution in [2.45, 2.75) is 25.9 Å². The second-order valence-electron chi connectivity index (χ2n) is 4.93. The molecule has 2 N–H and O–H groups in total. The van der Waals surface area contributed by atoms with E-state index in [4.69, 9.17) is 22.7 Å². The van der Waals surface area contributed by atoms with Gasteiger partial charge in [0.2, 0.25) is 5.91 Å². The molecule has 1 rings (SSSR count). The Kier molecular flexibility index (Phi) is 6.61. The molecule has 1 aromatic carbocycles. The molecule has 0 spiro atoms. The van der Waals surface area contributed by atoms with Crippen LogP contribution >= 0.6 is 12.2 Å². The minimum atomic E-state index is -0.574. The summed E-state index contributed by atoms with van der Waals surface area (Å²) in [6, 6.07) is 9.36. The summed E-state index contributed by atoms with van der Waals surface area (Å²) in [4.78, 5) is 14.3. The Hall–Kier alpha value is -1.46. The first-order valence-corrected chi connectivity index (χ1v) is 7.05. The summed E-state index contributed by atoms with van der Waals surface area (Å²) in [5, 5.41) is 0. The SMILES string of the molecule is CC(C)OCCN(C)C(=O)C(C(N)=S)c1ccccc1. The maximum Gasteiger partial charge on any atom is 0.236 e. The zero-order valence-corrected chi connectivity index (χ0v) is 13.0. The smallest absolute Gasteiger partial charge is 0.236 e. The molecule has 0 aliphatic carbocycles. The van der Waals surface area contributed by atoms with Crippen molar-refractivity contribution in [1.29, 1.82) is 0 Å². The predicted octanol–water partition coefficient (Wildman–Crippen LogP) is 1.94. The van der Waals surface area contributed by atoms with Crippen LogP contribution in [0.5, 0.6) is 0 Å². The Bertz CT molecular complexity index is 448. The van der Waals surface area contributed by atoms with Crippen molar-refractivity contribution < 1.29 is 9.53 Å². The van der Waals surface area contributed by atoms with E-state index in [9.17, 15) is 4.79 Å². The van der Waals surface area contributed by atoms with Crippen molar-refractivity contribution in [3.8, 4) is 0 Å². The molecule has 0 heterocycles. The molecule has 110 valence electrons. The van der Waals surface area contributed by atoms with Crippen LogP contribution in [0.2, 0.25) is 0 Å². The van der Waals surface area contributed by atoms with Crippen molar-refractivity contribution in [1.82, 2.24) is 4.90 Å². The summed E-state index contributed by atoms with van der Waals surface area (Å²) in [5.41, 5.74) is 6.56. The molecule has 0 aliphatic heterocycles. The molecule has 20 heavy (non-hydrogen) atoms. The van der Waals surface area contributed by atoms with E-state index < -0.39 is 5.92 Å². The average molecular weight is 294 g/mol. The number of nitrogens with zero attached hydrogens (tertiary/aromatic N) is 1. The lowest BCUT2D eigenvalue weighted by molar-refractivity contribution is -0.130. The van der Waals surface area contributed by atoms with Crippen LogP contribution in [0.1, 0.15) is 25.3 Å². The fourth-order valence-corrected chi connectivity index (χ4v) is 2.07. The fourth-order valence-electron chi connectivity index (χ4n) is 1.83. The summed E-state index contributed by atoms with van der Waals surface area (Å²) in [6.45, 7) is 4.94. The maximum atomic E-state index is 12.5. The summed E-state index contributed by atoms with van der Waals surface area (Å²) < 4.78 is 5.45. The second kappa shape index (κ2) is 7.97. The lowest BCUT2D eigenvalue weighted by atomic mass is 9.98. The summed E-state index contributed by atoms with van der Waals surface area (Å²) >= 11 is 5.05. The Balaban J connectivity index is 2.72. The van der Waals surface area contributed by atoms with Crippen molar-refractivity contribution in [3.05, 3.63) is 35.9 Å². The third-order valence-corrected chi connectivity index (χ3v) is 3.15. The highest BCUT2D eigenvalue weighted by Gasteiger charge is 2.26. The van der Waals surface area contributed by atoms with Crippen LogP contribution in [0.4, 0.5) is 0 Å². The van der Waals surface area contributed by atoms with Gasteiger partial charge in [0.15, 0.2) is 0 Å². The Morgan fingerprint density at radius 2 is 1.95 bits per heavy atom. The van der Waals surface area contributed by atoms with E-state index in [-0.39, 0.29) is 17.0 Å². The van der Waals surface area contributed by atoms with Gasteiger partial charge in [0, 0.05) is 13.6 Å². The van der Waals surface area contributed by atoms with Gasteiger partial charge < -0.3 is 15.4 Å².